The van der Waals surface area contributed by atoms with Crippen molar-refractivity contribution in [1.82, 2.24) is 0 Å². The van der Waals surface area contributed by atoms with Crippen LogP contribution in [0, 0.1) is 0 Å². The highest BCUT2D eigenvalue weighted by molar-refractivity contribution is 8.13. The molecule has 3 N–H and O–H groups in total. The standard InChI is InChI=1S/C18H19N3OS/c1-22-17-12-6-5-11-16(17)14-20-21-18(19)23-13-7-10-15-8-3-2-4-9-15/h2-12,14H,13H2,1H3,(H2,19,21)/p+1. The van der Waals surface area contributed by atoms with E-state index in [-0.39, 0.29) is 0 Å². The molecule has 0 saturated carbocycles. The molecule has 0 spiro atoms. The van der Waals surface area contributed by atoms with Gasteiger partial charge in [-0.15, -0.1) is 5.10 Å². The third-order valence-corrected chi connectivity index (χ3v) is 3.72. The van der Waals surface area contributed by atoms with Crippen molar-refractivity contribution in [1.29, 1.82) is 0 Å². The van der Waals surface area contributed by atoms with E-state index in [0.29, 0.717) is 5.17 Å². The van der Waals surface area contributed by atoms with Gasteiger partial charge < -0.3 is 10.5 Å². The Labute approximate surface area is 140 Å². The van der Waals surface area contributed by atoms with Crippen LogP contribution in [0.1, 0.15) is 11.1 Å². The molecular weight excluding hydrogens is 306 g/mol. The fourth-order valence-electron chi connectivity index (χ4n) is 1.87. The molecule has 0 atom stereocenters. The van der Waals surface area contributed by atoms with Gasteiger partial charge in [-0.3, -0.25) is 0 Å². The third-order valence-electron chi connectivity index (χ3n) is 2.97. The van der Waals surface area contributed by atoms with E-state index in [1.54, 1.807) is 13.3 Å². The van der Waals surface area contributed by atoms with Gasteiger partial charge in [0.05, 0.1) is 12.7 Å². The SMILES string of the molecule is COc1ccccc1C=[NH+]N=C(N)SCC=Cc1ccccc1. The number of hydrogen-bond donors (Lipinski definition) is 2. The van der Waals surface area contributed by atoms with E-state index >= 15 is 0 Å². The number of rotatable bonds is 6. The normalized spacial score (nSPS) is 12.1. The topological polar surface area (TPSA) is 61.6 Å². The van der Waals surface area contributed by atoms with Crippen LogP contribution in [0.4, 0.5) is 0 Å². The molecule has 0 heterocycles. The van der Waals surface area contributed by atoms with Gasteiger partial charge in [-0.1, -0.05) is 66.4 Å². The van der Waals surface area contributed by atoms with Crippen LogP contribution in [-0.2, 0) is 0 Å². The van der Waals surface area contributed by atoms with Gasteiger partial charge in [0.2, 0.25) is 11.4 Å². The van der Waals surface area contributed by atoms with Gasteiger partial charge in [0.15, 0.2) is 0 Å². The molecule has 0 aliphatic rings. The van der Waals surface area contributed by atoms with Crippen LogP contribution in [0.3, 0.4) is 0 Å². The van der Waals surface area contributed by atoms with Crippen molar-refractivity contribution < 1.29 is 9.84 Å². The summed E-state index contributed by atoms with van der Waals surface area (Å²) >= 11 is 1.47. The summed E-state index contributed by atoms with van der Waals surface area (Å²) in [5, 5.41) is 7.43. The Bertz CT molecular complexity index is 696. The number of nitrogens with zero attached hydrogens (tertiary/aromatic N) is 1. The maximum atomic E-state index is 5.85. The minimum atomic E-state index is 0.480. The van der Waals surface area contributed by atoms with Crippen molar-refractivity contribution >= 4 is 29.2 Å². The Kier molecular flexibility index (Phi) is 6.94. The van der Waals surface area contributed by atoms with Crippen LogP contribution >= 0.6 is 11.8 Å². The lowest BCUT2D eigenvalue weighted by molar-refractivity contribution is -0.456. The van der Waals surface area contributed by atoms with Crippen molar-refractivity contribution in [2.24, 2.45) is 10.8 Å². The number of benzene rings is 2. The molecule has 4 nitrogen and oxygen atoms in total. The predicted octanol–water partition coefficient (Wildman–Crippen LogP) is 1.87. The van der Waals surface area contributed by atoms with Crippen LogP contribution in [0.2, 0.25) is 0 Å². The van der Waals surface area contributed by atoms with E-state index in [2.05, 4.69) is 34.5 Å². The van der Waals surface area contributed by atoms with E-state index < -0.39 is 0 Å². The Balaban J connectivity index is 1.83. The minimum Gasteiger partial charge on any atom is -0.496 e. The van der Waals surface area contributed by atoms with Gasteiger partial charge in [-0.2, -0.15) is 0 Å². The molecule has 23 heavy (non-hydrogen) atoms. The lowest BCUT2D eigenvalue weighted by Gasteiger charge is -1.99. The molecule has 0 saturated heterocycles. The van der Waals surface area contributed by atoms with Crippen molar-refractivity contribution in [2.75, 3.05) is 12.9 Å². The third kappa shape index (κ3) is 6.00. The van der Waals surface area contributed by atoms with E-state index in [4.69, 9.17) is 10.5 Å². The molecule has 0 radical (unpaired) electrons. The number of nitrogens with two attached hydrogens (primary N) is 1. The highest BCUT2D eigenvalue weighted by atomic mass is 32.2. The zero-order valence-electron chi connectivity index (χ0n) is 13.0. The number of hydrogen-bond acceptors (Lipinski definition) is 3. The summed E-state index contributed by atoms with van der Waals surface area (Å²) < 4.78 is 5.26. The summed E-state index contributed by atoms with van der Waals surface area (Å²) in [6.07, 6.45) is 5.88. The molecule has 2 aromatic carbocycles. The largest absolute Gasteiger partial charge is 0.496 e. The molecule has 5 heteroatoms. The molecule has 2 aromatic rings. The fraction of sp³-hybridized carbons (Fsp3) is 0.111. The van der Waals surface area contributed by atoms with Gasteiger partial charge in [-0.05, 0) is 17.7 Å². The molecule has 0 amide bonds. The first kappa shape index (κ1) is 16.8. The highest BCUT2D eigenvalue weighted by Crippen LogP contribution is 2.13. The molecule has 0 fully saturated rings. The van der Waals surface area contributed by atoms with Crippen LogP contribution < -0.4 is 15.6 Å². The number of ether oxygens (including phenoxy) is 1. The Hall–Kier alpha value is -2.53. The van der Waals surface area contributed by atoms with E-state index in [1.807, 2.05) is 42.5 Å². The summed E-state index contributed by atoms with van der Waals surface area (Å²) in [4.78, 5) is 0. The minimum absolute atomic E-state index is 0.480. The number of amidine groups is 1. The van der Waals surface area contributed by atoms with Gasteiger partial charge in [0, 0.05) is 10.9 Å². The van der Waals surface area contributed by atoms with E-state index in [9.17, 15) is 0 Å². The second kappa shape index (κ2) is 9.48. The summed E-state index contributed by atoms with van der Waals surface area (Å²) in [6.45, 7) is 0. The summed E-state index contributed by atoms with van der Waals surface area (Å²) in [5.74, 6) is 1.55. The number of hydrazone groups is 1. The summed E-state index contributed by atoms with van der Waals surface area (Å²) in [5.41, 5.74) is 7.94. The number of methoxy groups -OCH3 is 1. The van der Waals surface area contributed by atoms with Crippen LogP contribution in [-0.4, -0.2) is 24.2 Å². The van der Waals surface area contributed by atoms with Gasteiger partial charge in [-0.25, -0.2) is 0 Å². The smallest absolute Gasteiger partial charge is 0.226 e. The second-order valence-corrected chi connectivity index (χ2v) is 5.63. The Morgan fingerprint density at radius 2 is 1.91 bits per heavy atom. The lowest BCUT2D eigenvalue weighted by atomic mass is 10.2. The summed E-state index contributed by atoms with van der Waals surface area (Å²) in [6, 6.07) is 17.8. The average Bonchev–Trinajstić information content (AvgIpc) is 2.60. The lowest BCUT2D eigenvalue weighted by Crippen LogP contribution is -2.62. The Morgan fingerprint density at radius 1 is 1.17 bits per heavy atom. The van der Waals surface area contributed by atoms with Crippen molar-refractivity contribution in [3.8, 4) is 5.75 Å². The predicted molar refractivity (Wildman–Crippen MR) is 98.7 cm³/mol. The van der Waals surface area contributed by atoms with Gasteiger partial charge in [0.1, 0.15) is 5.75 Å². The first-order valence-electron chi connectivity index (χ1n) is 7.19. The second-order valence-electron chi connectivity index (χ2n) is 4.59. The monoisotopic (exact) mass is 326 g/mol. The highest BCUT2D eigenvalue weighted by Gasteiger charge is 2.00. The fourth-order valence-corrected chi connectivity index (χ4v) is 2.35. The first-order chi connectivity index (χ1) is 11.3. The zero-order chi connectivity index (χ0) is 16.3. The van der Waals surface area contributed by atoms with Crippen molar-refractivity contribution in [3.05, 3.63) is 71.8 Å². The van der Waals surface area contributed by atoms with Gasteiger partial charge in [0.25, 0.3) is 0 Å². The molecule has 0 aliphatic carbocycles. The van der Waals surface area contributed by atoms with Crippen molar-refractivity contribution in [3.63, 3.8) is 0 Å². The molecule has 0 bridgehead atoms. The quantitative estimate of drug-likeness (QED) is 0.484. The van der Waals surface area contributed by atoms with Crippen molar-refractivity contribution in [2.45, 2.75) is 0 Å². The summed E-state index contributed by atoms with van der Waals surface area (Å²) in [7, 11) is 1.64. The molecule has 2 rings (SSSR count). The van der Waals surface area contributed by atoms with Gasteiger partial charge >= 0.3 is 0 Å². The molecule has 0 unspecified atom stereocenters. The van der Waals surface area contributed by atoms with Crippen LogP contribution in [0.25, 0.3) is 6.08 Å². The number of nitrogens with one attached hydrogen (secondary N) is 1. The molecular formula is C18H20N3OS+. The zero-order valence-corrected chi connectivity index (χ0v) is 13.8. The molecule has 118 valence electrons. The van der Waals surface area contributed by atoms with Crippen LogP contribution in [0.15, 0.2) is 65.8 Å². The maximum absolute atomic E-state index is 5.85. The molecule has 0 aromatic heterocycles. The Morgan fingerprint density at radius 3 is 2.70 bits per heavy atom. The van der Waals surface area contributed by atoms with Crippen LogP contribution in [0.5, 0.6) is 5.75 Å². The number of para-hydroxylation sites is 1. The maximum Gasteiger partial charge on any atom is 0.226 e. The first-order valence-corrected chi connectivity index (χ1v) is 8.17. The van der Waals surface area contributed by atoms with E-state index in [0.717, 1.165) is 17.1 Å². The van der Waals surface area contributed by atoms with E-state index in [1.165, 1.54) is 17.3 Å². The molecule has 0 aliphatic heterocycles. The average molecular weight is 326 g/mol. The number of thioether (sulfide) groups is 1.